The maximum absolute atomic E-state index is 13.2. The van der Waals surface area contributed by atoms with Crippen LogP contribution in [0.2, 0.25) is 0 Å². The second kappa shape index (κ2) is 10.2. The number of likely N-dealkylation sites (tertiary alicyclic amines) is 1. The molecular formula is C26H27N3O8S. The molecule has 0 radical (unpaired) electrons. The van der Waals surface area contributed by atoms with Gasteiger partial charge in [-0.15, -0.1) is 0 Å². The molecule has 2 saturated heterocycles. The molecule has 3 aliphatic heterocycles. The summed E-state index contributed by atoms with van der Waals surface area (Å²) in [6.45, 7) is 0.922. The second-order valence-corrected chi connectivity index (χ2v) is 11.1. The number of hydrogen-bond acceptors (Lipinski definition) is 7. The molecule has 11 nitrogen and oxygen atoms in total. The van der Waals surface area contributed by atoms with Gasteiger partial charge < -0.3 is 14.5 Å². The number of amides is 4. The first-order chi connectivity index (χ1) is 18.1. The predicted molar refractivity (Wildman–Crippen MR) is 133 cm³/mol. The van der Waals surface area contributed by atoms with Crippen molar-refractivity contribution in [2.24, 2.45) is 0 Å². The van der Waals surface area contributed by atoms with Crippen molar-refractivity contribution in [2.75, 3.05) is 13.2 Å². The largest absolute Gasteiger partial charge is 0.491 e. The Hall–Kier alpha value is -3.77. The number of rotatable bonds is 6. The van der Waals surface area contributed by atoms with Crippen LogP contribution in [0.25, 0.3) is 0 Å². The molecular weight excluding hydrogens is 514 g/mol. The molecule has 2 aromatic carbocycles. The quantitative estimate of drug-likeness (QED) is 0.415. The van der Waals surface area contributed by atoms with Crippen molar-refractivity contribution in [1.29, 1.82) is 0 Å². The number of nitrogens with zero attached hydrogens (tertiary/aromatic N) is 2. The Morgan fingerprint density at radius 1 is 1.08 bits per heavy atom. The zero-order chi connectivity index (χ0) is 27.0. The first-order valence-corrected chi connectivity index (χ1v) is 13.8. The third-order valence-electron chi connectivity index (χ3n) is 7.20. The van der Waals surface area contributed by atoms with Gasteiger partial charge in [0.2, 0.25) is 11.8 Å². The van der Waals surface area contributed by atoms with Gasteiger partial charge >= 0.3 is 0 Å². The fourth-order valence-corrected chi connectivity index (χ4v) is 5.76. The van der Waals surface area contributed by atoms with Crippen LogP contribution >= 0.6 is 0 Å². The summed E-state index contributed by atoms with van der Waals surface area (Å²) < 4.78 is 38.4. The lowest BCUT2D eigenvalue weighted by molar-refractivity contribution is -0.136. The van der Waals surface area contributed by atoms with E-state index < -0.39 is 22.1 Å². The van der Waals surface area contributed by atoms with Gasteiger partial charge in [-0.1, -0.05) is 6.07 Å². The van der Waals surface area contributed by atoms with Crippen LogP contribution in [-0.4, -0.2) is 71.6 Å². The molecule has 4 amide bonds. The van der Waals surface area contributed by atoms with Gasteiger partial charge in [-0.2, -0.15) is 8.42 Å². The smallest absolute Gasteiger partial charge is 0.294 e. The Morgan fingerprint density at radius 3 is 2.66 bits per heavy atom. The Labute approximate surface area is 219 Å². The third kappa shape index (κ3) is 5.14. The number of nitrogens with one attached hydrogen (secondary N) is 1. The minimum atomic E-state index is -4.44. The van der Waals surface area contributed by atoms with E-state index in [0.717, 1.165) is 24.5 Å². The zero-order valence-electron chi connectivity index (χ0n) is 20.5. The highest BCUT2D eigenvalue weighted by Crippen LogP contribution is 2.31. The number of benzene rings is 2. The number of carbonyl (C=O) groups is 4. The highest BCUT2D eigenvalue weighted by Gasteiger charge is 2.39. The Morgan fingerprint density at radius 2 is 1.89 bits per heavy atom. The topological polar surface area (TPSA) is 150 Å². The van der Waals surface area contributed by atoms with Gasteiger partial charge in [0.25, 0.3) is 21.9 Å². The van der Waals surface area contributed by atoms with Crippen molar-refractivity contribution >= 4 is 33.7 Å². The molecule has 3 aliphatic rings. The molecule has 12 heteroatoms. The maximum atomic E-state index is 13.2. The standard InChI is InChI=1S/C26H27N3O8S/c30-23-10-9-22(24(31)27-23)29-14-17-12-19(7-8-21(17)26(29)33)37-15-18-5-1-2-11-28(18)25(32)16-4-3-6-20(13-16)38(34,35)36/h3-4,6-8,12-13,18,22H,1-2,5,9-11,14-15H2,(H,27,30,31)(H,34,35,36)/t18-,22?/m0/s1. The van der Waals surface area contributed by atoms with E-state index in [4.69, 9.17) is 4.74 Å². The number of ether oxygens (including phenoxy) is 1. The molecule has 3 heterocycles. The molecule has 200 valence electrons. The third-order valence-corrected chi connectivity index (χ3v) is 8.05. The number of hydrogen-bond donors (Lipinski definition) is 2. The van der Waals surface area contributed by atoms with Crippen LogP contribution in [-0.2, 0) is 26.3 Å². The fourth-order valence-electron chi connectivity index (χ4n) is 5.23. The van der Waals surface area contributed by atoms with Crippen molar-refractivity contribution in [3.8, 4) is 5.75 Å². The predicted octanol–water partition coefficient (Wildman–Crippen LogP) is 1.77. The average molecular weight is 542 g/mol. The van der Waals surface area contributed by atoms with E-state index in [1.165, 1.54) is 23.1 Å². The molecule has 2 fully saturated rings. The molecule has 38 heavy (non-hydrogen) atoms. The Bertz CT molecular complexity index is 1420. The van der Waals surface area contributed by atoms with Gasteiger partial charge in [-0.25, -0.2) is 0 Å². The summed E-state index contributed by atoms with van der Waals surface area (Å²) in [6.07, 6.45) is 2.88. The summed E-state index contributed by atoms with van der Waals surface area (Å²) in [4.78, 5) is 52.6. The first kappa shape index (κ1) is 25.9. The first-order valence-electron chi connectivity index (χ1n) is 12.4. The summed E-state index contributed by atoms with van der Waals surface area (Å²) in [5, 5.41) is 2.29. The molecule has 0 aromatic heterocycles. The van der Waals surface area contributed by atoms with Crippen molar-refractivity contribution in [2.45, 2.75) is 55.6 Å². The van der Waals surface area contributed by atoms with E-state index in [9.17, 15) is 32.1 Å². The number of imide groups is 1. The van der Waals surface area contributed by atoms with Crippen molar-refractivity contribution < 1.29 is 36.9 Å². The van der Waals surface area contributed by atoms with Crippen LogP contribution in [0.15, 0.2) is 47.4 Å². The van der Waals surface area contributed by atoms with Gasteiger partial charge in [-0.3, -0.25) is 29.0 Å². The van der Waals surface area contributed by atoms with Crippen LogP contribution < -0.4 is 10.1 Å². The fraction of sp³-hybridized carbons (Fsp3) is 0.385. The lowest BCUT2D eigenvalue weighted by Gasteiger charge is -2.35. The van der Waals surface area contributed by atoms with E-state index in [2.05, 4.69) is 5.32 Å². The number of piperidine rings is 2. The SMILES string of the molecule is O=C1CCC(N2Cc3cc(OC[C@@H]4CCCCN4C(=O)c4cccc(S(=O)(=O)O)c4)ccc3C2=O)C(=O)N1. The van der Waals surface area contributed by atoms with Gasteiger partial charge in [0.1, 0.15) is 18.4 Å². The van der Waals surface area contributed by atoms with Crippen LogP contribution in [0.1, 0.15) is 58.4 Å². The summed E-state index contributed by atoms with van der Waals surface area (Å²) in [7, 11) is -4.44. The van der Waals surface area contributed by atoms with Crippen LogP contribution in [0.3, 0.4) is 0 Å². The summed E-state index contributed by atoms with van der Waals surface area (Å²) in [5.41, 5.74) is 1.36. The molecule has 2 N–H and O–H groups in total. The normalized spacial score (nSPS) is 21.8. The minimum absolute atomic E-state index is 0.164. The Balaban J connectivity index is 1.27. The van der Waals surface area contributed by atoms with E-state index >= 15 is 0 Å². The second-order valence-electron chi connectivity index (χ2n) is 9.68. The molecule has 1 unspecified atom stereocenters. The van der Waals surface area contributed by atoms with Gasteiger partial charge in [0, 0.05) is 30.6 Å². The Kier molecular flexibility index (Phi) is 6.93. The summed E-state index contributed by atoms with van der Waals surface area (Å²) in [6, 6.07) is 9.45. The lowest BCUT2D eigenvalue weighted by atomic mass is 10.0. The van der Waals surface area contributed by atoms with E-state index in [1.54, 1.807) is 23.1 Å². The summed E-state index contributed by atoms with van der Waals surface area (Å²) in [5.74, 6) is -0.899. The monoisotopic (exact) mass is 541 g/mol. The number of fused-ring (bicyclic) bond motifs is 1. The number of carbonyl (C=O) groups excluding carboxylic acids is 4. The van der Waals surface area contributed by atoms with Crippen molar-refractivity contribution in [3.63, 3.8) is 0 Å². The average Bonchev–Trinajstić information content (AvgIpc) is 3.22. The van der Waals surface area contributed by atoms with E-state index in [-0.39, 0.29) is 60.2 Å². The zero-order valence-corrected chi connectivity index (χ0v) is 21.3. The van der Waals surface area contributed by atoms with Crippen LogP contribution in [0, 0.1) is 0 Å². The van der Waals surface area contributed by atoms with Crippen LogP contribution in [0.5, 0.6) is 5.75 Å². The molecule has 0 spiro atoms. The lowest BCUT2D eigenvalue weighted by Crippen LogP contribution is -2.52. The highest BCUT2D eigenvalue weighted by atomic mass is 32.2. The molecule has 0 aliphatic carbocycles. The maximum Gasteiger partial charge on any atom is 0.294 e. The molecule has 0 bridgehead atoms. The molecule has 0 saturated carbocycles. The highest BCUT2D eigenvalue weighted by molar-refractivity contribution is 7.85. The minimum Gasteiger partial charge on any atom is -0.491 e. The molecule has 2 atom stereocenters. The van der Waals surface area contributed by atoms with Gasteiger partial charge in [0.05, 0.1) is 10.9 Å². The van der Waals surface area contributed by atoms with Crippen molar-refractivity contribution in [3.05, 3.63) is 59.2 Å². The van der Waals surface area contributed by atoms with E-state index in [0.29, 0.717) is 24.3 Å². The van der Waals surface area contributed by atoms with Crippen LogP contribution in [0.4, 0.5) is 0 Å². The molecule has 5 rings (SSSR count). The summed E-state index contributed by atoms with van der Waals surface area (Å²) >= 11 is 0. The van der Waals surface area contributed by atoms with Gasteiger partial charge in [0.15, 0.2) is 0 Å². The van der Waals surface area contributed by atoms with Gasteiger partial charge in [-0.05, 0) is 67.6 Å². The van der Waals surface area contributed by atoms with E-state index in [1.807, 2.05) is 0 Å². The molecule has 2 aromatic rings. The van der Waals surface area contributed by atoms with Crippen molar-refractivity contribution in [1.82, 2.24) is 15.1 Å².